The first-order valence-corrected chi connectivity index (χ1v) is 9.78. The molecule has 0 saturated carbocycles. The summed E-state index contributed by atoms with van der Waals surface area (Å²) in [6, 6.07) is 12.0. The van der Waals surface area contributed by atoms with Gasteiger partial charge in [0.1, 0.15) is 5.82 Å². The Labute approximate surface area is 168 Å². The molecule has 6 nitrogen and oxygen atoms in total. The van der Waals surface area contributed by atoms with Crippen LogP contribution in [0.2, 0.25) is 0 Å². The average Bonchev–Trinajstić information content (AvgIpc) is 3.20. The molecule has 0 radical (unpaired) electrons. The van der Waals surface area contributed by atoms with Gasteiger partial charge in [-0.15, -0.1) is 0 Å². The smallest absolute Gasteiger partial charge is 0.338 e. The normalized spacial score (nSPS) is 12.9. The van der Waals surface area contributed by atoms with Gasteiger partial charge in [-0.2, -0.15) is 0 Å². The lowest BCUT2D eigenvalue weighted by Gasteiger charge is -2.08. The minimum Gasteiger partial charge on any atom is -0.454 e. The second-order valence-corrected chi connectivity index (χ2v) is 7.60. The van der Waals surface area contributed by atoms with Crippen LogP contribution in [0.4, 0.5) is 0 Å². The number of rotatable bonds is 5. The lowest BCUT2D eigenvalue weighted by Crippen LogP contribution is -2.21. The molecular weight excluding hydrogens is 368 g/mol. The summed E-state index contributed by atoms with van der Waals surface area (Å²) in [6.45, 7) is 4.51. The summed E-state index contributed by atoms with van der Waals surface area (Å²) in [4.78, 5) is 41.7. The van der Waals surface area contributed by atoms with Gasteiger partial charge in [0.05, 0.1) is 16.5 Å². The maximum Gasteiger partial charge on any atom is 0.338 e. The number of carbonyl (C=O) groups excluding carboxylic acids is 2. The molecule has 4 rings (SSSR count). The van der Waals surface area contributed by atoms with Gasteiger partial charge in [0, 0.05) is 18.5 Å². The lowest BCUT2D eigenvalue weighted by molar-refractivity contribution is 0.0475. The zero-order chi connectivity index (χ0) is 20.5. The number of Topliss-reactive ketones (excluding diaryl/α,β-unsaturated/α-hetero) is 1. The molecule has 3 aromatic rings. The molecule has 0 spiro atoms. The Hall–Kier alpha value is -3.28. The highest BCUT2D eigenvalue weighted by Gasteiger charge is 2.18. The molecule has 0 N–H and O–H groups in total. The standard InChI is InChI=1S/C23H22N2O4/c1-14(2)15-5-7-16(8-6-15)20(26)13-29-23(28)17-9-10-18-19(12-17)24-21-4-3-11-25(21)22(18)27/h5-10,12,14H,3-4,11,13H2,1-2H3. The number of nitrogens with zero attached hydrogens (tertiary/aromatic N) is 2. The molecule has 0 bridgehead atoms. The van der Waals surface area contributed by atoms with Crippen molar-refractivity contribution in [2.75, 3.05) is 6.61 Å². The zero-order valence-corrected chi connectivity index (χ0v) is 16.5. The molecule has 0 unspecified atom stereocenters. The van der Waals surface area contributed by atoms with E-state index in [4.69, 9.17) is 4.74 Å². The number of aryl methyl sites for hydroxylation is 1. The van der Waals surface area contributed by atoms with Crippen molar-refractivity contribution in [3.05, 3.63) is 75.3 Å². The van der Waals surface area contributed by atoms with E-state index in [1.165, 1.54) is 6.07 Å². The molecule has 0 atom stereocenters. The Morgan fingerprint density at radius 3 is 2.55 bits per heavy atom. The molecule has 148 valence electrons. The molecular formula is C23H22N2O4. The molecule has 1 aliphatic heterocycles. The van der Waals surface area contributed by atoms with Crippen molar-refractivity contribution in [2.45, 2.75) is 39.2 Å². The summed E-state index contributed by atoms with van der Waals surface area (Å²) >= 11 is 0. The Kier molecular flexibility index (Phi) is 5.01. The van der Waals surface area contributed by atoms with Crippen LogP contribution < -0.4 is 5.56 Å². The molecule has 0 aliphatic carbocycles. The van der Waals surface area contributed by atoms with Crippen molar-refractivity contribution in [1.82, 2.24) is 9.55 Å². The van der Waals surface area contributed by atoms with Crippen LogP contribution in [0.25, 0.3) is 10.9 Å². The van der Waals surface area contributed by atoms with Crippen molar-refractivity contribution < 1.29 is 14.3 Å². The summed E-state index contributed by atoms with van der Waals surface area (Å²) < 4.78 is 6.88. The number of hydrogen-bond acceptors (Lipinski definition) is 5. The molecule has 6 heteroatoms. The fraction of sp³-hybridized carbons (Fsp3) is 0.304. The highest BCUT2D eigenvalue weighted by Crippen LogP contribution is 2.17. The molecule has 29 heavy (non-hydrogen) atoms. The van der Waals surface area contributed by atoms with Gasteiger partial charge in [-0.3, -0.25) is 14.2 Å². The first-order valence-electron chi connectivity index (χ1n) is 9.78. The molecule has 0 saturated heterocycles. The number of hydrogen-bond donors (Lipinski definition) is 0. The molecule has 0 amide bonds. The summed E-state index contributed by atoms with van der Waals surface area (Å²) in [5, 5.41) is 0.480. The fourth-order valence-corrected chi connectivity index (χ4v) is 3.56. The summed E-state index contributed by atoms with van der Waals surface area (Å²) in [5.41, 5.74) is 2.32. The highest BCUT2D eigenvalue weighted by molar-refractivity contribution is 6.00. The molecule has 1 aromatic heterocycles. The third-order valence-electron chi connectivity index (χ3n) is 5.29. The molecule has 2 aromatic carbocycles. The van der Waals surface area contributed by atoms with E-state index in [-0.39, 0.29) is 23.5 Å². The van der Waals surface area contributed by atoms with Gasteiger partial charge >= 0.3 is 5.97 Å². The lowest BCUT2D eigenvalue weighted by atomic mass is 10.0. The van der Waals surface area contributed by atoms with Gasteiger partial charge in [0.2, 0.25) is 0 Å². The fourth-order valence-electron chi connectivity index (χ4n) is 3.56. The Balaban J connectivity index is 1.48. The van der Waals surface area contributed by atoms with Crippen LogP contribution in [-0.4, -0.2) is 27.9 Å². The molecule has 0 fully saturated rings. The van der Waals surface area contributed by atoms with E-state index in [9.17, 15) is 14.4 Å². The van der Waals surface area contributed by atoms with Crippen molar-refractivity contribution >= 4 is 22.7 Å². The SMILES string of the molecule is CC(C)c1ccc(C(=O)COC(=O)c2ccc3c(=O)n4c(nc3c2)CCC4)cc1. The number of aromatic nitrogens is 2. The van der Waals surface area contributed by atoms with Crippen LogP contribution in [0.5, 0.6) is 0 Å². The predicted molar refractivity (Wildman–Crippen MR) is 109 cm³/mol. The Morgan fingerprint density at radius 1 is 1.10 bits per heavy atom. The number of esters is 1. The van der Waals surface area contributed by atoms with E-state index in [0.29, 0.717) is 28.9 Å². The summed E-state index contributed by atoms with van der Waals surface area (Å²) in [5.74, 6) is 0.255. The van der Waals surface area contributed by atoms with Crippen molar-refractivity contribution in [3.63, 3.8) is 0 Å². The predicted octanol–water partition coefficient (Wildman–Crippen LogP) is 3.51. The van der Waals surface area contributed by atoms with Crippen molar-refractivity contribution in [2.24, 2.45) is 0 Å². The number of benzene rings is 2. The molecule has 1 aliphatic rings. The largest absolute Gasteiger partial charge is 0.454 e. The van der Waals surface area contributed by atoms with Crippen LogP contribution >= 0.6 is 0 Å². The first-order chi connectivity index (χ1) is 13.9. The zero-order valence-electron chi connectivity index (χ0n) is 16.5. The Bertz CT molecular complexity index is 1160. The number of carbonyl (C=O) groups is 2. The first kappa shape index (κ1) is 19.1. The van der Waals surface area contributed by atoms with Crippen LogP contribution in [0.15, 0.2) is 47.3 Å². The van der Waals surface area contributed by atoms with Gasteiger partial charge in [0.15, 0.2) is 12.4 Å². The van der Waals surface area contributed by atoms with E-state index in [1.807, 2.05) is 12.1 Å². The minimum atomic E-state index is -0.610. The highest BCUT2D eigenvalue weighted by atomic mass is 16.5. The Morgan fingerprint density at radius 2 is 1.83 bits per heavy atom. The topological polar surface area (TPSA) is 78.3 Å². The third kappa shape index (κ3) is 3.70. The van der Waals surface area contributed by atoms with Crippen LogP contribution in [0, 0.1) is 0 Å². The van der Waals surface area contributed by atoms with E-state index in [0.717, 1.165) is 24.2 Å². The number of fused-ring (bicyclic) bond motifs is 2. The average molecular weight is 390 g/mol. The van der Waals surface area contributed by atoms with Gasteiger partial charge < -0.3 is 4.74 Å². The summed E-state index contributed by atoms with van der Waals surface area (Å²) in [7, 11) is 0. The minimum absolute atomic E-state index is 0.0811. The van der Waals surface area contributed by atoms with E-state index >= 15 is 0 Å². The number of ketones is 1. The summed E-state index contributed by atoms with van der Waals surface area (Å²) in [6.07, 6.45) is 1.65. The maximum atomic E-state index is 12.5. The van der Waals surface area contributed by atoms with Crippen LogP contribution in [0.1, 0.15) is 58.3 Å². The second-order valence-electron chi connectivity index (χ2n) is 7.60. The van der Waals surface area contributed by atoms with E-state index in [1.54, 1.807) is 28.8 Å². The quantitative estimate of drug-likeness (QED) is 0.492. The third-order valence-corrected chi connectivity index (χ3v) is 5.29. The van der Waals surface area contributed by atoms with Gasteiger partial charge in [0.25, 0.3) is 5.56 Å². The van der Waals surface area contributed by atoms with Gasteiger partial charge in [-0.05, 0) is 36.1 Å². The van der Waals surface area contributed by atoms with Gasteiger partial charge in [-0.1, -0.05) is 38.1 Å². The van der Waals surface area contributed by atoms with E-state index < -0.39 is 5.97 Å². The van der Waals surface area contributed by atoms with Crippen LogP contribution in [0.3, 0.4) is 0 Å². The molecule has 2 heterocycles. The van der Waals surface area contributed by atoms with Crippen molar-refractivity contribution in [1.29, 1.82) is 0 Å². The number of ether oxygens (including phenoxy) is 1. The van der Waals surface area contributed by atoms with Crippen molar-refractivity contribution in [3.8, 4) is 0 Å². The monoisotopic (exact) mass is 390 g/mol. The maximum absolute atomic E-state index is 12.5. The van der Waals surface area contributed by atoms with Crippen LogP contribution in [-0.2, 0) is 17.7 Å². The van der Waals surface area contributed by atoms with Gasteiger partial charge in [-0.25, -0.2) is 9.78 Å². The van der Waals surface area contributed by atoms with E-state index in [2.05, 4.69) is 18.8 Å². The second kappa shape index (κ2) is 7.62.